The fraction of sp³-hybridized carbons (Fsp3) is 0.579. The van der Waals surface area contributed by atoms with Crippen LogP contribution in [0.5, 0.6) is 0 Å². The summed E-state index contributed by atoms with van der Waals surface area (Å²) in [6, 6.07) is 5.70. The van der Waals surface area contributed by atoms with E-state index in [9.17, 15) is 9.59 Å². The summed E-state index contributed by atoms with van der Waals surface area (Å²) in [6.07, 6.45) is 4.77. The summed E-state index contributed by atoms with van der Waals surface area (Å²) in [4.78, 5) is 26.7. The van der Waals surface area contributed by atoms with Gasteiger partial charge in [-0.3, -0.25) is 14.5 Å². The third kappa shape index (κ3) is 5.06. The molecule has 1 aromatic carbocycles. The minimum atomic E-state index is -0.191. The smallest absolute Gasteiger partial charge is 0.243 e. The van der Waals surface area contributed by atoms with E-state index in [1.807, 2.05) is 39.0 Å². The van der Waals surface area contributed by atoms with E-state index in [1.165, 1.54) is 12.8 Å². The van der Waals surface area contributed by atoms with Crippen LogP contribution >= 0.6 is 0 Å². The molecular formula is C19H29N3O2. The molecular weight excluding hydrogens is 302 g/mol. The van der Waals surface area contributed by atoms with Crippen LogP contribution in [-0.2, 0) is 9.59 Å². The van der Waals surface area contributed by atoms with E-state index in [0.717, 1.165) is 42.7 Å². The summed E-state index contributed by atoms with van der Waals surface area (Å²) < 4.78 is 0. The minimum absolute atomic E-state index is 0.00475. The first-order chi connectivity index (χ1) is 11.5. The van der Waals surface area contributed by atoms with Gasteiger partial charge < -0.3 is 10.6 Å². The van der Waals surface area contributed by atoms with Gasteiger partial charge in [-0.05, 0) is 57.8 Å². The first-order valence-corrected chi connectivity index (χ1v) is 8.87. The molecule has 1 aromatic rings. The number of para-hydroxylation sites is 1. The SMILES string of the molecule is Cc1cccc(C)c1NC(=O)CNC(=O)C(C)N1CCCCCC1. The van der Waals surface area contributed by atoms with Crippen molar-refractivity contribution in [3.63, 3.8) is 0 Å². The van der Waals surface area contributed by atoms with E-state index in [0.29, 0.717) is 0 Å². The lowest BCUT2D eigenvalue weighted by Gasteiger charge is -2.26. The molecule has 0 aromatic heterocycles. The Morgan fingerprint density at radius 2 is 1.67 bits per heavy atom. The van der Waals surface area contributed by atoms with Crippen LogP contribution in [0.2, 0.25) is 0 Å². The van der Waals surface area contributed by atoms with Crippen LogP contribution in [0.3, 0.4) is 0 Å². The normalized spacial score (nSPS) is 17.0. The number of carbonyl (C=O) groups is 2. The van der Waals surface area contributed by atoms with Gasteiger partial charge in [0.25, 0.3) is 0 Å². The molecule has 132 valence electrons. The van der Waals surface area contributed by atoms with Crippen LogP contribution < -0.4 is 10.6 Å². The van der Waals surface area contributed by atoms with E-state index < -0.39 is 0 Å². The Balaban J connectivity index is 1.83. The van der Waals surface area contributed by atoms with E-state index in [2.05, 4.69) is 15.5 Å². The molecule has 0 radical (unpaired) electrons. The number of aryl methyl sites for hydroxylation is 2. The standard InChI is InChI=1S/C19H29N3O2/c1-14-9-8-10-15(2)18(14)21-17(23)13-20-19(24)16(3)22-11-6-4-5-7-12-22/h8-10,16H,4-7,11-13H2,1-3H3,(H,20,24)(H,21,23). The molecule has 0 bridgehead atoms. The van der Waals surface area contributed by atoms with Gasteiger partial charge >= 0.3 is 0 Å². The summed E-state index contributed by atoms with van der Waals surface area (Å²) in [5.74, 6) is -0.266. The number of hydrogen-bond acceptors (Lipinski definition) is 3. The molecule has 2 N–H and O–H groups in total. The number of likely N-dealkylation sites (tertiary alicyclic amines) is 1. The molecule has 1 aliphatic rings. The topological polar surface area (TPSA) is 61.4 Å². The summed E-state index contributed by atoms with van der Waals surface area (Å²) >= 11 is 0. The summed E-state index contributed by atoms with van der Waals surface area (Å²) in [6.45, 7) is 7.77. The van der Waals surface area contributed by atoms with Crippen molar-refractivity contribution in [2.75, 3.05) is 25.0 Å². The van der Waals surface area contributed by atoms with Crippen LogP contribution in [0.25, 0.3) is 0 Å². The maximum atomic E-state index is 12.3. The highest BCUT2D eigenvalue weighted by atomic mass is 16.2. The highest BCUT2D eigenvalue weighted by molar-refractivity contribution is 5.96. The first kappa shape index (κ1) is 18.5. The van der Waals surface area contributed by atoms with Gasteiger partial charge in [-0.25, -0.2) is 0 Å². The fourth-order valence-electron chi connectivity index (χ4n) is 3.16. The molecule has 1 heterocycles. The molecule has 2 rings (SSSR count). The summed E-state index contributed by atoms with van der Waals surface area (Å²) in [5.41, 5.74) is 2.87. The molecule has 1 unspecified atom stereocenters. The van der Waals surface area contributed by atoms with Crippen molar-refractivity contribution in [2.24, 2.45) is 0 Å². The maximum absolute atomic E-state index is 12.3. The summed E-state index contributed by atoms with van der Waals surface area (Å²) in [7, 11) is 0. The largest absolute Gasteiger partial charge is 0.346 e. The van der Waals surface area contributed by atoms with Crippen LogP contribution in [0.4, 0.5) is 5.69 Å². The van der Waals surface area contributed by atoms with Crippen LogP contribution in [-0.4, -0.2) is 42.4 Å². The van der Waals surface area contributed by atoms with Gasteiger partial charge in [0, 0.05) is 5.69 Å². The maximum Gasteiger partial charge on any atom is 0.243 e. The Bertz CT molecular complexity index is 558. The molecule has 5 nitrogen and oxygen atoms in total. The molecule has 1 fully saturated rings. The van der Waals surface area contributed by atoms with Crippen LogP contribution in [0.15, 0.2) is 18.2 Å². The van der Waals surface area contributed by atoms with Gasteiger partial charge in [-0.1, -0.05) is 31.0 Å². The molecule has 24 heavy (non-hydrogen) atoms. The van der Waals surface area contributed by atoms with Crippen molar-refractivity contribution in [3.8, 4) is 0 Å². The zero-order chi connectivity index (χ0) is 17.5. The van der Waals surface area contributed by atoms with Crippen molar-refractivity contribution in [2.45, 2.75) is 52.5 Å². The summed E-state index contributed by atoms with van der Waals surface area (Å²) in [5, 5.41) is 5.66. The lowest BCUT2D eigenvalue weighted by Crippen LogP contribution is -2.47. The number of rotatable bonds is 5. The second kappa shape index (κ2) is 8.83. The van der Waals surface area contributed by atoms with Crippen molar-refractivity contribution in [1.29, 1.82) is 0 Å². The third-order valence-corrected chi connectivity index (χ3v) is 4.74. The van der Waals surface area contributed by atoms with Crippen molar-refractivity contribution in [1.82, 2.24) is 10.2 Å². The lowest BCUT2D eigenvalue weighted by molar-refractivity contribution is -0.128. The van der Waals surface area contributed by atoms with E-state index >= 15 is 0 Å². The van der Waals surface area contributed by atoms with Crippen LogP contribution in [0, 0.1) is 13.8 Å². The zero-order valence-electron chi connectivity index (χ0n) is 15.0. The highest BCUT2D eigenvalue weighted by Gasteiger charge is 2.22. The molecule has 0 spiro atoms. The quantitative estimate of drug-likeness (QED) is 0.872. The average Bonchev–Trinajstić information content (AvgIpc) is 2.84. The Morgan fingerprint density at radius 1 is 1.08 bits per heavy atom. The van der Waals surface area contributed by atoms with Crippen molar-refractivity contribution >= 4 is 17.5 Å². The van der Waals surface area contributed by atoms with Crippen molar-refractivity contribution < 1.29 is 9.59 Å². The molecule has 0 saturated carbocycles. The number of hydrogen-bond donors (Lipinski definition) is 2. The zero-order valence-corrected chi connectivity index (χ0v) is 15.0. The van der Waals surface area contributed by atoms with Crippen LogP contribution in [0.1, 0.15) is 43.7 Å². The Labute approximate surface area is 144 Å². The Hall–Kier alpha value is -1.88. The van der Waals surface area contributed by atoms with Gasteiger partial charge in [0.15, 0.2) is 0 Å². The Kier molecular flexibility index (Phi) is 6.79. The lowest BCUT2D eigenvalue weighted by atomic mass is 10.1. The van der Waals surface area contributed by atoms with E-state index in [-0.39, 0.29) is 24.4 Å². The average molecular weight is 331 g/mol. The number of amides is 2. The predicted molar refractivity (Wildman–Crippen MR) is 97.1 cm³/mol. The highest BCUT2D eigenvalue weighted by Crippen LogP contribution is 2.19. The minimum Gasteiger partial charge on any atom is -0.346 e. The third-order valence-electron chi connectivity index (χ3n) is 4.74. The number of nitrogens with one attached hydrogen (secondary N) is 2. The number of nitrogens with zero attached hydrogens (tertiary/aromatic N) is 1. The molecule has 5 heteroatoms. The van der Waals surface area contributed by atoms with Gasteiger partial charge in [-0.2, -0.15) is 0 Å². The van der Waals surface area contributed by atoms with Gasteiger partial charge in [-0.15, -0.1) is 0 Å². The predicted octanol–water partition coefficient (Wildman–Crippen LogP) is 2.62. The Morgan fingerprint density at radius 3 is 2.25 bits per heavy atom. The molecule has 1 atom stereocenters. The number of anilines is 1. The van der Waals surface area contributed by atoms with Crippen molar-refractivity contribution in [3.05, 3.63) is 29.3 Å². The van der Waals surface area contributed by atoms with E-state index in [1.54, 1.807) is 0 Å². The van der Waals surface area contributed by atoms with Gasteiger partial charge in [0.1, 0.15) is 0 Å². The van der Waals surface area contributed by atoms with E-state index in [4.69, 9.17) is 0 Å². The second-order valence-corrected chi connectivity index (χ2v) is 6.66. The molecule has 1 saturated heterocycles. The number of benzene rings is 1. The second-order valence-electron chi connectivity index (χ2n) is 6.66. The molecule has 2 amide bonds. The molecule has 1 aliphatic heterocycles. The number of carbonyl (C=O) groups excluding carboxylic acids is 2. The first-order valence-electron chi connectivity index (χ1n) is 8.87. The van der Waals surface area contributed by atoms with Gasteiger partial charge in [0.05, 0.1) is 12.6 Å². The monoisotopic (exact) mass is 331 g/mol. The van der Waals surface area contributed by atoms with Gasteiger partial charge in [0.2, 0.25) is 11.8 Å². The molecule has 0 aliphatic carbocycles. The fourth-order valence-corrected chi connectivity index (χ4v) is 3.16.